The first-order chi connectivity index (χ1) is 9.82. The summed E-state index contributed by atoms with van der Waals surface area (Å²) in [7, 11) is 0. The van der Waals surface area contributed by atoms with Crippen molar-refractivity contribution >= 4 is 35.0 Å². The number of halogens is 2. The Bertz CT molecular complexity index is 575. The van der Waals surface area contributed by atoms with E-state index in [4.69, 9.17) is 23.2 Å². The van der Waals surface area contributed by atoms with Crippen LogP contribution in [0.3, 0.4) is 0 Å². The van der Waals surface area contributed by atoms with Crippen molar-refractivity contribution in [3.8, 4) is 0 Å². The largest absolute Gasteiger partial charge is 0.342 e. The monoisotopic (exact) mass is 328 g/mol. The molecule has 0 aromatic heterocycles. The normalized spacial score (nSPS) is 22.7. The Balaban J connectivity index is 2.29. The van der Waals surface area contributed by atoms with Crippen LogP contribution in [0.4, 0.5) is 0 Å². The molecule has 0 bridgehead atoms. The summed E-state index contributed by atoms with van der Waals surface area (Å²) in [6.07, 6.45) is 0. The minimum absolute atomic E-state index is 0.0336. The molecular weight excluding hydrogens is 311 g/mol. The molecule has 1 fully saturated rings. The molecule has 1 saturated heterocycles. The average molecular weight is 329 g/mol. The van der Waals surface area contributed by atoms with E-state index >= 15 is 0 Å². The van der Waals surface area contributed by atoms with Gasteiger partial charge in [-0.25, -0.2) is 0 Å². The molecule has 1 aromatic rings. The maximum Gasteiger partial charge on any atom is 0.246 e. The summed E-state index contributed by atoms with van der Waals surface area (Å²) in [6.45, 7) is 5.80. The van der Waals surface area contributed by atoms with E-state index in [9.17, 15) is 9.59 Å². The van der Waals surface area contributed by atoms with Gasteiger partial charge in [0.1, 0.15) is 12.1 Å². The second-order valence-corrected chi connectivity index (χ2v) is 6.37. The van der Waals surface area contributed by atoms with E-state index in [0.29, 0.717) is 10.0 Å². The van der Waals surface area contributed by atoms with Crippen molar-refractivity contribution in [3.63, 3.8) is 0 Å². The van der Waals surface area contributed by atoms with Crippen LogP contribution >= 0.6 is 23.2 Å². The van der Waals surface area contributed by atoms with Gasteiger partial charge in [0.25, 0.3) is 0 Å². The molecule has 2 atom stereocenters. The lowest BCUT2D eigenvalue weighted by atomic mass is 9.98. The highest BCUT2D eigenvalue weighted by atomic mass is 35.5. The van der Waals surface area contributed by atoms with Gasteiger partial charge < -0.3 is 10.2 Å². The van der Waals surface area contributed by atoms with Crippen LogP contribution < -0.4 is 5.32 Å². The van der Waals surface area contributed by atoms with Gasteiger partial charge in [-0.1, -0.05) is 49.2 Å². The van der Waals surface area contributed by atoms with Crippen molar-refractivity contribution < 1.29 is 9.59 Å². The molecule has 1 aliphatic heterocycles. The number of carbonyl (C=O) groups is 2. The Hall–Kier alpha value is -1.26. The maximum absolute atomic E-state index is 12.6. The smallest absolute Gasteiger partial charge is 0.246 e. The number of hydrogen-bond acceptors (Lipinski definition) is 2. The minimum Gasteiger partial charge on any atom is -0.342 e. The number of nitrogens with zero attached hydrogens (tertiary/aromatic N) is 1. The number of carbonyl (C=O) groups excluding carboxylic acids is 2. The van der Waals surface area contributed by atoms with Gasteiger partial charge in [-0.15, -0.1) is 0 Å². The van der Waals surface area contributed by atoms with Crippen molar-refractivity contribution in [1.82, 2.24) is 10.2 Å². The molecule has 2 rings (SSSR count). The molecule has 4 nitrogen and oxygen atoms in total. The fourth-order valence-electron chi connectivity index (χ4n) is 2.37. The van der Waals surface area contributed by atoms with Gasteiger partial charge in [-0.2, -0.15) is 0 Å². The van der Waals surface area contributed by atoms with E-state index in [0.717, 1.165) is 5.56 Å². The molecule has 2 unspecified atom stereocenters. The molecule has 6 heteroatoms. The number of nitrogens with one attached hydrogen (secondary N) is 1. The summed E-state index contributed by atoms with van der Waals surface area (Å²) in [6, 6.07) is 4.26. The Morgan fingerprint density at radius 2 is 1.95 bits per heavy atom. The highest BCUT2D eigenvalue weighted by molar-refractivity contribution is 6.42. The van der Waals surface area contributed by atoms with Gasteiger partial charge in [0, 0.05) is 6.54 Å². The lowest BCUT2D eigenvalue weighted by molar-refractivity contribution is -0.150. The predicted octanol–water partition coefficient (Wildman–Crippen LogP) is 2.86. The van der Waals surface area contributed by atoms with E-state index in [-0.39, 0.29) is 24.3 Å². The van der Waals surface area contributed by atoms with Gasteiger partial charge >= 0.3 is 0 Å². The van der Waals surface area contributed by atoms with Crippen molar-refractivity contribution in [1.29, 1.82) is 0 Å². The number of hydrogen-bond donors (Lipinski definition) is 1. The van der Waals surface area contributed by atoms with E-state index in [1.165, 1.54) is 0 Å². The SMILES string of the molecule is CC(C)C1NC(=O)C(C)N(Cc2cccc(Cl)c2Cl)C1=O. The lowest BCUT2D eigenvalue weighted by Crippen LogP contribution is -2.63. The van der Waals surface area contributed by atoms with Crippen LogP contribution in [0, 0.1) is 5.92 Å². The lowest BCUT2D eigenvalue weighted by Gasteiger charge is -2.39. The highest BCUT2D eigenvalue weighted by Gasteiger charge is 2.39. The van der Waals surface area contributed by atoms with Crippen LogP contribution in [0.1, 0.15) is 26.3 Å². The van der Waals surface area contributed by atoms with Gasteiger partial charge in [-0.05, 0) is 24.5 Å². The molecule has 0 radical (unpaired) electrons. The first kappa shape index (κ1) is 16.1. The second-order valence-electron chi connectivity index (χ2n) is 5.59. The highest BCUT2D eigenvalue weighted by Crippen LogP contribution is 2.28. The van der Waals surface area contributed by atoms with Gasteiger partial charge in [-0.3, -0.25) is 9.59 Å². The third-order valence-corrected chi connectivity index (χ3v) is 4.59. The Labute approximate surface area is 134 Å². The van der Waals surface area contributed by atoms with Crippen LogP contribution in [0.5, 0.6) is 0 Å². The topological polar surface area (TPSA) is 49.4 Å². The molecule has 0 spiro atoms. The molecule has 1 aromatic carbocycles. The fraction of sp³-hybridized carbons (Fsp3) is 0.467. The minimum atomic E-state index is -0.525. The van der Waals surface area contributed by atoms with Crippen molar-refractivity contribution in [2.24, 2.45) is 5.92 Å². The first-order valence-corrected chi connectivity index (χ1v) is 7.62. The van der Waals surface area contributed by atoms with Crippen LogP contribution in [0.15, 0.2) is 18.2 Å². The molecule has 2 amide bonds. The standard InChI is InChI=1S/C15H18Cl2N2O2/c1-8(2)13-15(21)19(9(3)14(20)18-13)7-10-5-4-6-11(16)12(10)17/h4-6,8-9,13H,7H2,1-3H3,(H,18,20). The number of benzene rings is 1. The zero-order chi connectivity index (χ0) is 15.7. The van der Waals surface area contributed by atoms with Crippen molar-refractivity contribution in [3.05, 3.63) is 33.8 Å². The molecule has 1 N–H and O–H groups in total. The summed E-state index contributed by atoms with van der Waals surface area (Å²) >= 11 is 12.2. The van der Waals surface area contributed by atoms with Crippen LogP contribution in [-0.2, 0) is 16.1 Å². The molecular formula is C15H18Cl2N2O2. The maximum atomic E-state index is 12.6. The molecule has 0 saturated carbocycles. The summed E-state index contributed by atoms with van der Waals surface area (Å²) < 4.78 is 0. The zero-order valence-corrected chi connectivity index (χ0v) is 13.7. The number of amides is 2. The Morgan fingerprint density at radius 1 is 1.29 bits per heavy atom. The third-order valence-electron chi connectivity index (χ3n) is 3.73. The first-order valence-electron chi connectivity index (χ1n) is 6.86. The van der Waals surface area contributed by atoms with Gasteiger partial charge in [0.15, 0.2) is 0 Å². The number of rotatable bonds is 3. The summed E-state index contributed by atoms with van der Waals surface area (Å²) in [5.41, 5.74) is 0.738. The summed E-state index contributed by atoms with van der Waals surface area (Å²) in [4.78, 5) is 26.2. The van der Waals surface area contributed by atoms with Crippen molar-refractivity contribution in [2.75, 3.05) is 0 Å². The Morgan fingerprint density at radius 3 is 2.57 bits per heavy atom. The van der Waals surface area contributed by atoms with E-state index in [2.05, 4.69) is 5.32 Å². The zero-order valence-electron chi connectivity index (χ0n) is 12.2. The van der Waals surface area contributed by atoms with Crippen LogP contribution in [-0.4, -0.2) is 28.8 Å². The predicted molar refractivity (Wildman–Crippen MR) is 83.2 cm³/mol. The second kappa shape index (κ2) is 6.24. The van der Waals surface area contributed by atoms with E-state index in [1.54, 1.807) is 24.0 Å². The summed E-state index contributed by atoms with van der Waals surface area (Å²) in [5.74, 6) is -0.203. The molecule has 1 heterocycles. The van der Waals surface area contributed by atoms with E-state index in [1.807, 2.05) is 19.9 Å². The van der Waals surface area contributed by atoms with Crippen LogP contribution in [0.25, 0.3) is 0 Å². The Kier molecular flexibility index (Phi) is 4.79. The molecule has 1 aliphatic rings. The van der Waals surface area contributed by atoms with Gasteiger partial charge in [0.05, 0.1) is 10.0 Å². The molecule has 0 aliphatic carbocycles. The third kappa shape index (κ3) is 3.16. The summed E-state index contributed by atoms with van der Waals surface area (Å²) in [5, 5.41) is 3.63. The quantitative estimate of drug-likeness (QED) is 0.927. The average Bonchev–Trinajstić information content (AvgIpc) is 2.43. The van der Waals surface area contributed by atoms with Gasteiger partial charge in [0.2, 0.25) is 11.8 Å². The molecule has 21 heavy (non-hydrogen) atoms. The number of piperazine rings is 1. The van der Waals surface area contributed by atoms with E-state index < -0.39 is 12.1 Å². The fourth-order valence-corrected chi connectivity index (χ4v) is 2.75. The van der Waals surface area contributed by atoms with Crippen molar-refractivity contribution in [2.45, 2.75) is 39.4 Å². The molecule has 114 valence electrons. The van der Waals surface area contributed by atoms with Crippen LogP contribution in [0.2, 0.25) is 10.0 Å².